The molecule has 112 valence electrons. The second kappa shape index (κ2) is 5.23. The van der Waals surface area contributed by atoms with E-state index in [0.717, 1.165) is 29.9 Å². The molecule has 1 fully saturated rings. The third-order valence-electron chi connectivity index (χ3n) is 3.60. The summed E-state index contributed by atoms with van der Waals surface area (Å²) in [6.07, 6.45) is 5.78. The third kappa shape index (κ3) is 3.07. The molecule has 7 heteroatoms. The predicted molar refractivity (Wildman–Crippen MR) is 76.8 cm³/mol. The summed E-state index contributed by atoms with van der Waals surface area (Å²) in [6.45, 7) is 4.22. The molecule has 2 aromatic heterocycles. The summed E-state index contributed by atoms with van der Waals surface area (Å²) in [6, 6.07) is 0.372. The minimum Gasteiger partial charge on any atom is -0.428 e. The van der Waals surface area contributed by atoms with Gasteiger partial charge in [0, 0.05) is 24.8 Å². The average Bonchev–Trinajstić information content (AvgIpc) is 3.11. The number of nitrogens with zero attached hydrogens (tertiary/aromatic N) is 4. The summed E-state index contributed by atoms with van der Waals surface area (Å²) < 4.78 is 7.14. The van der Waals surface area contributed by atoms with E-state index in [9.17, 15) is 4.79 Å². The van der Waals surface area contributed by atoms with Crippen LogP contribution in [0, 0.1) is 13.8 Å². The lowest BCUT2D eigenvalue weighted by Gasteiger charge is -2.21. The highest BCUT2D eigenvalue weighted by atomic mass is 16.4. The molecule has 2 amide bonds. The monoisotopic (exact) mass is 289 g/mol. The predicted octanol–water partition coefficient (Wildman–Crippen LogP) is 2.22. The normalized spacial score (nSPS) is 14.2. The lowest BCUT2D eigenvalue weighted by molar-refractivity contribution is 0.205. The van der Waals surface area contributed by atoms with Gasteiger partial charge in [-0.3, -0.25) is 10.00 Å². The van der Waals surface area contributed by atoms with Crippen molar-refractivity contribution in [1.82, 2.24) is 19.7 Å². The first-order valence-corrected chi connectivity index (χ1v) is 7.02. The molecule has 0 bridgehead atoms. The molecule has 3 rings (SSSR count). The minimum atomic E-state index is -0.178. The highest BCUT2D eigenvalue weighted by Gasteiger charge is 2.33. The fraction of sp³-hybridized carbons (Fsp3) is 0.500. The Labute approximate surface area is 122 Å². The maximum Gasteiger partial charge on any atom is 0.326 e. The summed E-state index contributed by atoms with van der Waals surface area (Å²) in [5, 5.41) is 6.87. The number of aryl methyl sites for hydroxylation is 3. The Morgan fingerprint density at radius 2 is 2.29 bits per heavy atom. The van der Waals surface area contributed by atoms with Gasteiger partial charge >= 0.3 is 12.0 Å². The summed E-state index contributed by atoms with van der Waals surface area (Å²) in [5.41, 5.74) is 1.80. The highest BCUT2D eigenvalue weighted by molar-refractivity contribution is 5.87. The molecule has 2 heterocycles. The van der Waals surface area contributed by atoms with Crippen molar-refractivity contribution in [3.05, 3.63) is 29.4 Å². The van der Waals surface area contributed by atoms with E-state index in [4.69, 9.17) is 4.42 Å². The van der Waals surface area contributed by atoms with Crippen LogP contribution in [-0.2, 0) is 13.6 Å². The van der Waals surface area contributed by atoms with E-state index in [2.05, 4.69) is 15.4 Å². The smallest absolute Gasteiger partial charge is 0.326 e. The molecule has 0 saturated heterocycles. The van der Waals surface area contributed by atoms with Crippen LogP contribution in [-0.4, -0.2) is 31.7 Å². The van der Waals surface area contributed by atoms with E-state index >= 15 is 0 Å². The van der Waals surface area contributed by atoms with E-state index in [1.807, 2.05) is 32.0 Å². The molecule has 0 aromatic carbocycles. The van der Waals surface area contributed by atoms with Crippen LogP contribution in [0.1, 0.15) is 29.9 Å². The van der Waals surface area contributed by atoms with E-state index < -0.39 is 0 Å². The van der Waals surface area contributed by atoms with Crippen molar-refractivity contribution in [2.45, 2.75) is 39.3 Å². The molecule has 1 aliphatic rings. The van der Waals surface area contributed by atoms with Crippen LogP contribution in [0.4, 0.5) is 10.8 Å². The SMILES string of the molecule is Cc1nc(NC(=O)N(Cc2cnn(C)c2)C2CC2)oc1C. The van der Waals surface area contributed by atoms with Crippen LogP contribution in [0.15, 0.2) is 16.8 Å². The van der Waals surface area contributed by atoms with Gasteiger partial charge in [0.1, 0.15) is 5.76 Å². The molecule has 0 aliphatic heterocycles. The zero-order valence-electron chi connectivity index (χ0n) is 12.5. The lowest BCUT2D eigenvalue weighted by atomic mass is 10.3. The average molecular weight is 289 g/mol. The summed E-state index contributed by atoms with van der Waals surface area (Å²) in [4.78, 5) is 18.4. The maximum absolute atomic E-state index is 12.4. The summed E-state index contributed by atoms with van der Waals surface area (Å²) in [5.74, 6) is 0.718. The molecule has 0 unspecified atom stereocenters. The molecule has 2 aromatic rings. The molecule has 1 saturated carbocycles. The minimum absolute atomic E-state index is 0.178. The van der Waals surface area contributed by atoms with Crippen LogP contribution in [0.25, 0.3) is 0 Å². The van der Waals surface area contributed by atoms with Gasteiger partial charge in [-0.25, -0.2) is 4.79 Å². The fourth-order valence-corrected chi connectivity index (χ4v) is 2.19. The number of oxazole rings is 1. The molecule has 7 nitrogen and oxygen atoms in total. The van der Waals surface area contributed by atoms with Crippen LogP contribution in [0.3, 0.4) is 0 Å². The van der Waals surface area contributed by atoms with E-state index in [-0.39, 0.29) is 12.0 Å². The number of anilines is 1. The number of amides is 2. The second-order valence-electron chi connectivity index (χ2n) is 5.47. The largest absolute Gasteiger partial charge is 0.428 e. The molecular formula is C14H19N5O2. The van der Waals surface area contributed by atoms with Crippen LogP contribution in [0.5, 0.6) is 0 Å². The summed E-state index contributed by atoms with van der Waals surface area (Å²) >= 11 is 0. The molecule has 0 radical (unpaired) electrons. The quantitative estimate of drug-likeness (QED) is 0.936. The number of hydrogen-bond donors (Lipinski definition) is 1. The van der Waals surface area contributed by atoms with Crippen LogP contribution in [0.2, 0.25) is 0 Å². The Kier molecular flexibility index (Phi) is 3.40. The molecule has 1 aliphatic carbocycles. The van der Waals surface area contributed by atoms with Crippen molar-refractivity contribution in [2.24, 2.45) is 7.05 Å². The Morgan fingerprint density at radius 1 is 1.52 bits per heavy atom. The highest BCUT2D eigenvalue weighted by Crippen LogP contribution is 2.29. The van der Waals surface area contributed by atoms with Gasteiger partial charge in [-0.15, -0.1) is 0 Å². The van der Waals surface area contributed by atoms with Gasteiger partial charge in [0.05, 0.1) is 18.4 Å². The third-order valence-corrected chi connectivity index (χ3v) is 3.60. The zero-order valence-corrected chi connectivity index (χ0v) is 12.5. The van der Waals surface area contributed by atoms with Crippen LogP contribution >= 0.6 is 0 Å². The van der Waals surface area contributed by atoms with Crippen molar-refractivity contribution in [1.29, 1.82) is 0 Å². The Hall–Kier alpha value is -2.31. The van der Waals surface area contributed by atoms with Crippen molar-refractivity contribution in [2.75, 3.05) is 5.32 Å². The molecule has 0 spiro atoms. The number of hydrogen-bond acceptors (Lipinski definition) is 4. The van der Waals surface area contributed by atoms with Crippen LogP contribution < -0.4 is 5.32 Å². The standard InChI is InChI=1S/C14H19N5O2/c1-9-10(2)21-13(16-9)17-14(20)19(12-4-5-12)8-11-6-15-18(3)7-11/h6-7,12H,4-5,8H2,1-3H3,(H,16,17,20). The Morgan fingerprint density at radius 3 is 2.81 bits per heavy atom. The van der Waals surface area contributed by atoms with Gasteiger partial charge in [-0.05, 0) is 26.7 Å². The van der Waals surface area contributed by atoms with Gasteiger partial charge in [-0.1, -0.05) is 0 Å². The first-order valence-electron chi connectivity index (χ1n) is 7.02. The summed E-state index contributed by atoms with van der Waals surface area (Å²) in [7, 11) is 1.86. The Bertz CT molecular complexity index is 637. The van der Waals surface area contributed by atoms with E-state index in [1.54, 1.807) is 10.9 Å². The number of carbonyl (C=O) groups excluding carboxylic acids is 1. The Balaban J connectivity index is 1.70. The zero-order chi connectivity index (χ0) is 15.0. The number of carbonyl (C=O) groups is 1. The van der Waals surface area contributed by atoms with Gasteiger partial charge in [0.2, 0.25) is 0 Å². The van der Waals surface area contributed by atoms with Gasteiger partial charge in [0.15, 0.2) is 0 Å². The van der Waals surface area contributed by atoms with Gasteiger partial charge in [0.25, 0.3) is 0 Å². The molecule has 1 N–H and O–H groups in total. The van der Waals surface area contributed by atoms with Crippen molar-refractivity contribution in [3.63, 3.8) is 0 Å². The molecule has 0 atom stereocenters. The van der Waals surface area contributed by atoms with Crippen molar-refractivity contribution < 1.29 is 9.21 Å². The second-order valence-corrected chi connectivity index (χ2v) is 5.47. The number of rotatable bonds is 4. The van der Waals surface area contributed by atoms with E-state index in [0.29, 0.717) is 12.6 Å². The first kappa shape index (κ1) is 13.7. The van der Waals surface area contributed by atoms with E-state index in [1.165, 1.54) is 0 Å². The first-order chi connectivity index (χ1) is 10.0. The van der Waals surface area contributed by atoms with Crippen molar-refractivity contribution in [3.8, 4) is 0 Å². The maximum atomic E-state index is 12.4. The fourth-order valence-electron chi connectivity index (χ4n) is 2.19. The molecular weight excluding hydrogens is 270 g/mol. The van der Waals surface area contributed by atoms with Crippen molar-refractivity contribution >= 4 is 12.0 Å². The number of aromatic nitrogens is 3. The van der Waals surface area contributed by atoms with Gasteiger partial charge < -0.3 is 9.32 Å². The number of urea groups is 1. The topological polar surface area (TPSA) is 76.2 Å². The molecule has 21 heavy (non-hydrogen) atoms. The number of nitrogens with one attached hydrogen (secondary N) is 1. The van der Waals surface area contributed by atoms with Gasteiger partial charge in [-0.2, -0.15) is 10.1 Å². The lowest BCUT2D eigenvalue weighted by Crippen LogP contribution is -2.36.